The van der Waals surface area contributed by atoms with Crippen LogP contribution in [0.4, 0.5) is 0 Å². The standard InChI is InChI=1S/C36H43ClN6O5S/c1-22-29(42-36(49-22)24-13-16-39-17-14-24)19-32(44)43-20-26(47-21-23-9-11-25(37)12-10-23)18-30(43)34(46)40-28(7-4-5-15-38)33(45)35-41-27-6-2-3-8-31(27)48-35/h2-3,6,8-12,24,26,28,30,39H,4-5,7,13-21,38H2,1H3,(H,40,46). The fourth-order valence-corrected chi connectivity index (χ4v) is 7.73. The average molecular weight is 707 g/mol. The Balaban J connectivity index is 1.20. The summed E-state index contributed by atoms with van der Waals surface area (Å²) in [7, 11) is 0. The van der Waals surface area contributed by atoms with Gasteiger partial charge in [0.1, 0.15) is 11.6 Å². The van der Waals surface area contributed by atoms with E-state index in [9.17, 15) is 14.4 Å². The van der Waals surface area contributed by atoms with Crippen molar-refractivity contribution in [3.8, 4) is 0 Å². The van der Waals surface area contributed by atoms with Crippen LogP contribution in [0.5, 0.6) is 0 Å². The molecule has 4 aromatic rings. The van der Waals surface area contributed by atoms with Gasteiger partial charge in [-0.25, -0.2) is 9.97 Å². The number of oxazole rings is 1. The van der Waals surface area contributed by atoms with Crippen LogP contribution >= 0.6 is 22.9 Å². The fraction of sp³-hybridized carbons (Fsp3) is 0.472. The summed E-state index contributed by atoms with van der Waals surface area (Å²) in [5.74, 6) is -0.714. The van der Waals surface area contributed by atoms with Gasteiger partial charge in [-0.2, -0.15) is 0 Å². The molecule has 0 spiro atoms. The highest BCUT2D eigenvalue weighted by atomic mass is 35.5. The number of aryl methyl sites for hydroxylation is 1. The number of benzene rings is 2. The normalized spacial score (nSPS) is 19.0. The van der Waals surface area contributed by atoms with E-state index < -0.39 is 23.8 Å². The Labute approximate surface area is 294 Å². The molecule has 2 fully saturated rings. The number of piperidine rings is 1. The fourth-order valence-electron chi connectivity index (χ4n) is 6.50. The minimum atomic E-state index is -0.897. The van der Waals surface area contributed by atoms with Gasteiger partial charge in [-0.1, -0.05) is 35.9 Å². The number of hydrogen-bond donors (Lipinski definition) is 3. The van der Waals surface area contributed by atoms with E-state index in [2.05, 4.69) is 15.6 Å². The third-order valence-corrected chi connectivity index (χ3v) is 10.7. The molecule has 0 saturated carbocycles. The maximum absolute atomic E-state index is 14.1. The minimum absolute atomic E-state index is 0.0636. The van der Waals surface area contributed by atoms with Crippen LogP contribution in [-0.2, 0) is 27.4 Å². The van der Waals surface area contributed by atoms with Crippen molar-refractivity contribution < 1.29 is 23.5 Å². The molecule has 260 valence electrons. The second-order valence-electron chi connectivity index (χ2n) is 12.8. The number of fused-ring (bicyclic) bond motifs is 1. The molecule has 49 heavy (non-hydrogen) atoms. The summed E-state index contributed by atoms with van der Waals surface area (Å²) >= 11 is 7.71. The van der Waals surface area contributed by atoms with Gasteiger partial charge in [0.05, 0.1) is 35.9 Å². The van der Waals surface area contributed by atoms with Crippen molar-refractivity contribution in [3.05, 3.63) is 80.6 Å². The Kier molecular flexibility index (Phi) is 11.7. The third-order valence-electron chi connectivity index (χ3n) is 9.29. The molecule has 4 N–H and O–H groups in total. The first-order valence-electron chi connectivity index (χ1n) is 17.0. The van der Waals surface area contributed by atoms with E-state index in [1.54, 1.807) is 46.6 Å². The number of nitrogens with one attached hydrogen (secondary N) is 2. The molecule has 6 rings (SSSR count). The number of Topliss-reactive ketones (excluding diaryl/α,β-unsaturated/α-hetero) is 1. The van der Waals surface area contributed by atoms with Crippen LogP contribution in [0.3, 0.4) is 0 Å². The minimum Gasteiger partial charge on any atom is -0.434 e. The summed E-state index contributed by atoms with van der Waals surface area (Å²) in [6, 6.07) is 12.8. The van der Waals surface area contributed by atoms with Gasteiger partial charge < -0.3 is 30.4 Å². The van der Waals surface area contributed by atoms with E-state index in [1.165, 1.54) is 0 Å². The quantitative estimate of drug-likeness (QED) is 0.122. The monoisotopic (exact) mass is 706 g/mol. The van der Waals surface area contributed by atoms with E-state index in [-0.39, 0.29) is 37.3 Å². The highest BCUT2D eigenvalue weighted by Gasteiger charge is 2.42. The molecule has 2 aliphatic rings. The molecule has 0 aliphatic carbocycles. The molecule has 4 heterocycles. The lowest BCUT2D eigenvalue weighted by Crippen LogP contribution is -2.51. The van der Waals surface area contributed by atoms with E-state index in [1.807, 2.05) is 25.1 Å². The van der Waals surface area contributed by atoms with Gasteiger partial charge in [0, 0.05) is 28.8 Å². The number of halogens is 1. The maximum atomic E-state index is 14.1. The largest absolute Gasteiger partial charge is 0.434 e. The van der Waals surface area contributed by atoms with E-state index in [0.29, 0.717) is 54.5 Å². The number of nitrogens with zero attached hydrogens (tertiary/aromatic N) is 3. The summed E-state index contributed by atoms with van der Waals surface area (Å²) in [6.45, 7) is 4.93. The van der Waals surface area contributed by atoms with Gasteiger partial charge in [-0.3, -0.25) is 14.4 Å². The SMILES string of the molecule is Cc1sc(C2CCNCC2)nc1CC(=O)N1CC(OCc2ccc(Cl)cc2)CC1C(=O)NC(CCCCN)C(=O)c1nc2ccccc2o1. The Morgan fingerprint density at radius 1 is 1.12 bits per heavy atom. The first-order chi connectivity index (χ1) is 23.8. The number of hydrogen-bond acceptors (Lipinski definition) is 10. The van der Waals surface area contributed by atoms with Crippen molar-refractivity contribution >= 4 is 51.6 Å². The molecular formula is C36H43ClN6O5S. The Morgan fingerprint density at radius 3 is 2.65 bits per heavy atom. The zero-order chi connectivity index (χ0) is 34.3. The van der Waals surface area contributed by atoms with Crippen molar-refractivity contribution in [2.75, 3.05) is 26.2 Å². The zero-order valence-corrected chi connectivity index (χ0v) is 29.2. The van der Waals surface area contributed by atoms with Crippen LogP contribution in [0.2, 0.25) is 5.02 Å². The Bertz CT molecular complexity index is 1720. The number of rotatable bonds is 14. The lowest BCUT2D eigenvalue weighted by Gasteiger charge is -2.25. The number of para-hydroxylation sites is 2. The number of amides is 2. The number of aromatic nitrogens is 2. The number of unbranched alkanes of at least 4 members (excludes halogenated alkanes) is 1. The van der Waals surface area contributed by atoms with E-state index in [0.717, 1.165) is 47.1 Å². The highest BCUT2D eigenvalue weighted by Crippen LogP contribution is 2.32. The van der Waals surface area contributed by atoms with Crippen LogP contribution in [0, 0.1) is 6.92 Å². The number of likely N-dealkylation sites (tertiary alicyclic amines) is 1. The lowest BCUT2D eigenvalue weighted by atomic mass is 9.99. The van der Waals surface area contributed by atoms with Crippen LogP contribution in [0.1, 0.15) is 76.3 Å². The summed E-state index contributed by atoms with van der Waals surface area (Å²) in [4.78, 5) is 53.7. The van der Waals surface area contributed by atoms with Crippen LogP contribution in [-0.4, -0.2) is 76.8 Å². The highest BCUT2D eigenvalue weighted by molar-refractivity contribution is 7.11. The van der Waals surface area contributed by atoms with Gasteiger partial charge in [0.2, 0.25) is 17.6 Å². The summed E-state index contributed by atoms with van der Waals surface area (Å²) in [6.07, 6.45) is 3.70. The Hall–Kier alpha value is -3.68. The summed E-state index contributed by atoms with van der Waals surface area (Å²) in [5, 5.41) is 8.05. The molecule has 2 aromatic heterocycles. The second kappa shape index (κ2) is 16.4. The topological polar surface area (TPSA) is 153 Å². The Morgan fingerprint density at radius 2 is 1.90 bits per heavy atom. The van der Waals surface area contributed by atoms with Gasteiger partial charge >= 0.3 is 0 Å². The van der Waals surface area contributed by atoms with Gasteiger partial charge in [-0.05, 0) is 88.5 Å². The van der Waals surface area contributed by atoms with Crippen molar-refractivity contribution in [1.29, 1.82) is 0 Å². The molecule has 2 amide bonds. The van der Waals surface area contributed by atoms with E-state index >= 15 is 0 Å². The lowest BCUT2D eigenvalue weighted by molar-refractivity contribution is -0.138. The number of nitrogens with two attached hydrogens (primary N) is 1. The van der Waals surface area contributed by atoms with Gasteiger partial charge in [0.25, 0.3) is 5.89 Å². The number of carbonyl (C=O) groups is 3. The molecule has 13 heteroatoms. The van der Waals surface area contributed by atoms with Crippen molar-refractivity contribution in [2.45, 2.75) is 82.6 Å². The smallest absolute Gasteiger partial charge is 0.266 e. The van der Waals surface area contributed by atoms with Crippen LogP contribution in [0.25, 0.3) is 11.1 Å². The molecule has 11 nitrogen and oxygen atoms in total. The van der Waals surface area contributed by atoms with Crippen molar-refractivity contribution in [1.82, 2.24) is 25.5 Å². The predicted octanol–water partition coefficient (Wildman–Crippen LogP) is 4.94. The summed E-state index contributed by atoms with van der Waals surface area (Å²) < 4.78 is 12.0. The second-order valence-corrected chi connectivity index (χ2v) is 14.5. The molecule has 2 aromatic carbocycles. The van der Waals surface area contributed by atoms with Gasteiger partial charge in [0.15, 0.2) is 5.58 Å². The average Bonchev–Trinajstić information content (AvgIpc) is 3.85. The molecule has 2 saturated heterocycles. The number of carbonyl (C=O) groups excluding carboxylic acids is 3. The van der Waals surface area contributed by atoms with Crippen LogP contribution in [0.15, 0.2) is 52.9 Å². The third kappa shape index (κ3) is 8.74. The molecule has 3 atom stereocenters. The van der Waals surface area contributed by atoms with Gasteiger partial charge in [-0.15, -0.1) is 11.3 Å². The number of ether oxygens (including phenoxy) is 1. The predicted molar refractivity (Wildman–Crippen MR) is 189 cm³/mol. The zero-order valence-electron chi connectivity index (χ0n) is 27.7. The first-order valence-corrected chi connectivity index (χ1v) is 18.2. The van der Waals surface area contributed by atoms with Crippen molar-refractivity contribution in [2.24, 2.45) is 5.73 Å². The number of ketones is 1. The molecule has 2 aliphatic heterocycles. The maximum Gasteiger partial charge on any atom is 0.266 e. The number of thiazole rings is 1. The molecular weight excluding hydrogens is 664 g/mol. The van der Waals surface area contributed by atoms with Crippen molar-refractivity contribution in [3.63, 3.8) is 0 Å². The summed E-state index contributed by atoms with van der Waals surface area (Å²) in [5.41, 5.74) is 8.48. The molecule has 0 bridgehead atoms. The molecule has 0 radical (unpaired) electrons. The first kappa shape index (κ1) is 35.2. The van der Waals surface area contributed by atoms with Crippen LogP contribution < -0.4 is 16.4 Å². The van der Waals surface area contributed by atoms with E-state index in [4.69, 9.17) is 31.5 Å². The molecule has 3 unspecified atom stereocenters.